The van der Waals surface area contributed by atoms with Crippen LogP contribution in [-0.4, -0.2) is 43.2 Å². The lowest BCUT2D eigenvalue weighted by Gasteiger charge is -2.33. The van der Waals surface area contributed by atoms with E-state index in [1.165, 1.54) is 4.31 Å². The summed E-state index contributed by atoms with van der Waals surface area (Å²) < 4.78 is 27.7. The third-order valence-corrected chi connectivity index (χ3v) is 4.96. The molecule has 5 heteroatoms. The average molecular weight is 258 g/mol. The van der Waals surface area contributed by atoms with Crippen molar-refractivity contribution in [2.75, 3.05) is 26.2 Å². The molecule has 0 aromatic heterocycles. The predicted octanol–water partition coefficient (Wildman–Crippen LogP) is 1.31. The summed E-state index contributed by atoms with van der Waals surface area (Å²) in [5, 5.41) is 0. The molecule has 0 amide bonds. The summed E-state index contributed by atoms with van der Waals surface area (Å²) in [6.45, 7) is 5.95. The molecule has 0 saturated carbocycles. The Labute approximate surface area is 105 Å². The summed E-state index contributed by atoms with van der Waals surface area (Å²) in [6, 6.07) is 0. The van der Waals surface area contributed by atoms with Crippen molar-refractivity contribution in [1.29, 1.82) is 0 Å². The molecule has 17 heavy (non-hydrogen) atoms. The zero-order valence-electron chi connectivity index (χ0n) is 10.7. The topological polar surface area (TPSA) is 40.6 Å². The molecule has 4 nitrogen and oxygen atoms in total. The van der Waals surface area contributed by atoms with Crippen molar-refractivity contribution in [3.8, 4) is 12.3 Å². The van der Waals surface area contributed by atoms with Gasteiger partial charge in [-0.05, 0) is 25.2 Å². The average Bonchev–Trinajstić information content (AvgIpc) is 2.29. The van der Waals surface area contributed by atoms with Gasteiger partial charge in [0.15, 0.2) is 0 Å². The molecular formula is C12H22N2O2S. The van der Waals surface area contributed by atoms with E-state index in [0.29, 0.717) is 25.6 Å². The first kappa shape index (κ1) is 14.5. The van der Waals surface area contributed by atoms with Gasteiger partial charge in [0.05, 0.1) is 6.54 Å². The highest BCUT2D eigenvalue weighted by atomic mass is 32.2. The maximum atomic E-state index is 12.4. The Kier molecular flexibility index (Phi) is 5.44. The van der Waals surface area contributed by atoms with Crippen LogP contribution in [0.2, 0.25) is 0 Å². The Bertz CT molecular complexity index is 372. The summed E-state index contributed by atoms with van der Waals surface area (Å²) in [6.07, 6.45) is 8.07. The van der Waals surface area contributed by atoms with Gasteiger partial charge in [0.25, 0.3) is 10.2 Å². The highest BCUT2D eigenvalue weighted by Crippen LogP contribution is 2.20. The van der Waals surface area contributed by atoms with Gasteiger partial charge in [-0.15, -0.1) is 6.42 Å². The summed E-state index contributed by atoms with van der Waals surface area (Å²) in [4.78, 5) is 0. The fourth-order valence-corrected chi connectivity index (χ4v) is 3.93. The van der Waals surface area contributed by atoms with E-state index in [0.717, 1.165) is 19.3 Å². The zero-order chi connectivity index (χ0) is 12.9. The van der Waals surface area contributed by atoms with Crippen molar-refractivity contribution < 1.29 is 8.42 Å². The molecule has 0 aromatic carbocycles. The second-order valence-electron chi connectivity index (χ2n) is 4.65. The molecule has 1 aliphatic rings. The van der Waals surface area contributed by atoms with Gasteiger partial charge in [0, 0.05) is 19.6 Å². The Balaban J connectivity index is 2.80. The summed E-state index contributed by atoms with van der Waals surface area (Å²) >= 11 is 0. The maximum absolute atomic E-state index is 12.4. The monoisotopic (exact) mass is 258 g/mol. The Morgan fingerprint density at radius 2 is 2.24 bits per heavy atom. The number of nitrogens with zero attached hydrogens (tertiary/aromatic N) is 2. The van der Waals surface area contributed by atoms with Crippen LogP contribution in [0.15, 0.2) is 0 Å². The zero-order valence-corrected chi connectivity index (χ0v) is 11.5. The van der Waals surface area contributed by atoms with Gasteiger partial charge in [-0.25, -0.2) is 0 Å². The van der Waals surface area contributed by atoms with Crippen molar-refractivity contribution in [3.63, 3.8) is 0 Å². The van der Waals surface area contributed by atoms with Crippen LogP contribution in [0.5, 0.6) is 0 Å². The maximum Gasteiger partial charge on any atom is 0.282 e. The molecule has 1 heterocycles. The molecule has 1 atom stereocenters. The van der Waals surface area contributed by atoms with E-state index in [4.69, 9.17) is 6.42 Å². The molecule has 0 bridgehead atoms. The van der Waals surface area contributed by atoms with Crippen LogP contribution in [0.3, 0.4) is 0 Å². The Hall–Kier alpha value is -0.570. The Morgan fingerprint density at radius 3 is 2.76 bits per heavy atom. The molecule has 1 rings (SSSR count). The van der Waals surface area contributed by atoms with Gasteiger partial charge < -0.3 is 0 Å². The molecule has 1 unspecified atom stereocenters. The normalized spacial score (nSPS) is 22.6. The van der Waals surface area contributed by atoms with Crippen LogP contribution in [-0.2, 0) is 10.2 Å². The second kappa shape index (κ2) is 6.39. The van der Waals surface area contributed by atoms with Gasteiger partial charge in [-0.2, -0.15) is 17.0 Å². The van der Waals surface area contributed by atoms with Gasteiger partial charge in [0.1, 0.15) is 0 Å². The SMILES string of the molecule is C#CCN(CCC)S(=O)(=O)N1CCCC(C)C1. The van der Waals surface area contributed by atoms with Gasteiger partial charge >= 0.3 is 0 Å². The fraction of sp³-hybridized carbons (Fsp3) is 0.833. The smallest absolute Gasteiger partial charge is 0.195 e. The lowest BCUT2D eigenvalue weighted by molar-refractivity contribution is 0.261. The van der Waals surface area contributed by atoms with Crippen LogP contribution >= 0.6 is 0 Å². The summed E-state index contributed by atoms with van der Waals surface area (Å²) in [5.74, 6) is 2.87. The molecule has 0 aromatic rings. The molecule has 1 aliphatic heterocycles. The third-order valence-electron chi connectivity index (χ3n) is 3.01. The minimum Gasteiger partial charge on any atom is -0.195 e. The van der Waals surface area contributed by atoms with Crippen LogP contribution in [0.25, 0.3) is 0 Å². The molecule has 0 N–H and O–H groups in total. The van der Waals surface area contributed by atoms with Crippen molar-refractivity contribution in [3.05, 3.63) is 0 Å². The highest BCUT2D eigenvalue weighted by Gasteiger charge is 2.31. The largest absolute Gasteiger partial charge is 0.282 e. The molecule has 98 valence electrons. The predicted molar refractivity (Wildman–Crippen MR) is 69.6 cm³/mol. The summed E-state index contributed by atoms with van der Waals surface area (Å²) in [5.41, 5.74) is 0. The van der Waals surface area contributed by atoms with Crippen molar-refractivity contribution in [1.82, 2.24) is 8.61 Å². The van der Waals surface area contributed by atoms with E-state index in [1.807, 2.05) is 6.92 Å². The van der Waals surface area contributed by atoms with Crippen molar-refractivity contribution >= 4 is 10.2 Å². The quantitative estimate of drug-likeness (QED) is 0.698. The van der Waals surface area contributed by atoms with Crippen LogP contribution < -0.4 is 0 Å². The number of rotatable bonds is 5. The van der Waals surface area contributed by atoms with E-state index in [2.05, 4.69) is 12.8 Å². The highest BCUT2D eigenvalue weighted by molar-refractivity contribution is 7.86. The van der Waals surface area contributed by atoms with Gasteiger partial charge in [-0.1, -0.05) is 19.8 Å². The first-order valence-electron chi connectivity index (χ1n) is 6.21. The lowest BCUT2D eigenvalue weighted by atomic mass is 10.0. The van der Waals surface area contributed by atoms with Crippen LogP contribution in [0, 0.1) is 18.3 Å². The standard InChI is InChI=1S/C12H22N2O2S/c1-4-8-13(9-5-2)17(15,16)14-10-6-7-12(3)11-14/h1,12H,5-11H2,2-3H3. The lowest BCUT2D eigenvalue weighted by Crippen LogP contribution is -2.48. The van der Waals surface area contributed by atoms with Crippen LogP contribution in [0.4, 0.5) is 0 Å². The fourth-order valence-electron chi connectivity index (χ4n) is 2.15. The minimum atomic E-state index is -3.36. The first-order chi connectivity index (χ1) is 8.02. The molecule has 0 aliphatic carbocycles. The number of terminal acetylenes is 1. The molecule has 0 spiro atoms. The van der Waals surface area contributed by atoms with E-state index < -0.39 is 10.2 Å². The molecule has 0 radical (unpaired) electrons. The third kappa shape index (κ3) is 3.70. The number of piperidine rings is 1. The first-order valence-corrected chi connectivity index (χ1v) is 7.60. The summed E-state index contributed by atoms with van der Waals surface area (Å²) in [7, 11) is -3.36. The Morgan fingerprint density at radius 1 is 1.53 bits per heavy atom. The van der Waals surface area contributed by atoms with Gasteiger partial charge in [0.2, 0.25) is 0 Å². The minimum absolute atomic E-state index is 0.168. The molecule has 1 saturated heterocycles. The van der Waals surface area contributed by atoms with E-state index >= 15 is 0 Å². The van der Waals surface area contributed by atoms with Gasteiger partial charge in [-0.3, -0.25) is 0 Å². The van der Waals surface area contributed by atoms with Crippen LogP contribution in [0.1, 0.15) is 33.1 Å². The van der Waals surface area contributed by atoms with E-state index in [9.17, 15) is 8.42 Å². The van der Waals surface area contributed by atoms with Crippen molar-refractivity contribution in [2.24, 2.45) is 5.92 Å². The van der Waals surface area contributed by atoms with E-state index in [1.54, 1.807) is 4.31 Å². The van der Waals surface area contributed by atoms with Crippen molar-refractivity contribution in [2.45, 2.75) is 33.1 Å². The number of hydrogen-bond acceptors (Lipinski definition) is 2. The van der Waals surface area contributed by atoms with E-state index in [-0.39, 0.29) is 6.54 Å². The molecule has 1 fully saturated rings. The molecular weight excluding hydrogens is 236 g/mol. The number of hydrogen-bond donors (Lipinski definition) is 0. The second-order valence-corrected chi connectivity index (χ2v) is 6.58.